The maximum Gasteiger partial charge on any atom is 0.329 e. The number of aliphatic hydroxyl groups is 1. The minimum absolute atomic E-state index is 0.398. The van der Waals surface area contributed by atoms with Gasteiger partial charge < -0.3 is 15.6 Å². The number of carbonyl (C=O) groups is 1. The molecule has 0 saturated carbocycles. The van der Waals surface area contributed by atoms with Crippen LogP contribution in [0.2, 0.25) is 0 Å². The Morgan fingerprint density at radius 2 is 1.58 bits per heavy atom. The van der Waals surface area contributed by atoms with E-state index in [1.165, 1.54) is 0 Å². The molecule has 2 aromatic carbocycles. The second-order valence-corrected chi connectivity index (χ2v) is 6.02. The van der Waals surface area contributed by atoms with Gasteiger partial charge >= 0.3 is 5.97 Å². The predicted octanol–water partition coefficient (Wildman–Crippen LogP) is 3.20. The van der Waals surface area contributed by atoms with E-state index in [4.69, 9.17) is 10.5 Å². The monoisotopic (exact) mass is 327 g/mol. The molecule has 0 saturated heterocycles. The molecule has 0 radical (unpaired) electrons. The van der Waals surface area contributed by atoms with Crippen LogP contribution in [0.3, 0.4) is 0 Å². The van der Waals surface area contributed by atoms with Gasteiger partial charge in [-0.15, -0.1) is 0 Å². The van der Waals surface area contributed by atoms with E-state index in [2.05, 4.69) is 0 Å². The summed E-state index contributed by atoms with van der Waals surface area (Å²) in [7, 11) is 0. The van der Waals surface area contributed by atoms with Crippen molar-refractivity contribution in [1.29, 1.82) is 0 Å². The molecule has 1 atom stereocenters. The molecule has 0 aromatic heterocycles. The number of unbranched alkanes of at least 4 members (excludes halogenated alkanes) is 1. The normalized spacial score (nSPS) is 13.5. The van der Waals surface area contributed by atoms with Crippen LogP contribution in [0.1, 0.15) is 43.4 Å². The average Bonchev–Trinajstić information content (AvgIpc) is 2.65. The summed E-state index contributed by atoms with van der Waals surface area (Å²) in [5, 5.41) is 9.61. The van der Waals surface area contributed by atoms with E-state index < -0.39 is 24.2 Å². The van der Waals surface area contributed by atoms with Gasteiger partial charge in [-0.1, -0.05) is 80.4 Å². The fraction of sp³-hybridized carbons (Fsp3) is 0.350. The molecule has 0 aliphatic carbocycles. The second-order valence-electron chi connectivity index (χ2n) is 6.02. The molecule has 4 nitrogen and oxygen atoms in total. The van der Waals surface area contributed by atoms with Crippen LogP contribution in [-0.4, -0.2) is 23.2 Å². The molecular formula is C20H25NO3. The molecule has 24 heavy (non-hydrogen) atoms. The van der Waals surface area contributed by atoms with Crippen molar-refractivity contribution in [2.75, 3.05) is 6.61 Å². The fourth-order valence-corrected chi connectivity index (χ4v) is 2.55. The van der Waals surface area contributed by atoms with Crippen LogP contribution in [0.15, 0.2) is 60.7 Å². The number of hydrogen-bond donors (Lipinski definition) is 2. The molecular weight excluding hydrogens is 302 g/mol. The minimum Gasteiger partial charge on any atom is -0.451 e. The zero-order valence-corrected chi connectivity index (χ0v) is 14.0. The van der Waals surface area contributed by atoms with Gasteiger partial charge in [0.2, 0.25) is 0 Å². The Morgan fingerprint density at radius 1 is 1.08 bits per heavy atom. The highest BCUT2D eigenvalue weighted by Crippen LogP contribution is 2.28. The van der Waals surface area contributed by atoms with Crippen molar-refractivity contribution >= 4 is 5.97 Å². The Bertz CT molecular complexity index is 590. The Balaban J connectivity index is 2.27. The Hall–Kier alpha value is -2.17. The predicted molar refractivity (Wildman–Crippen MR) is 94.3 cm³/mol. The molecule has 0 aliphatic rings. The Kier molecular flexibility index (Phi) is 6.53. The van der Waals surface area contributed by atoms with Gasteiger partial charge in [0.05, 0.1) is 6.61 Å². The highest BCUT2D eigenvalue weighted by Gasteiger charge is 2.36. The lowest BCUT2D eigenvalue weighted by Crippen LogP contribution is -2.52. The first-order valence-corrected chi connectivity index (χ1v) is 8.31. The van der Waals surface area contributed by atoms with Crippen LogP contribution < -0.4 is 5.73 Å². The molecule has 2 aromatic rings. The summed E-state index contributed by atoms with van der Waals surface area (Å²) in [6.45, 7) is 1.59. The molecule has 4 heteroatoms. The summed E-state index contributed by atoms with van der Waals surface area (Å²) < 4.78 is 5.75. The van der Waals surface area contributed by atoms with Crippen molar-refractivity contribution in [2.45, 2.75) is 37.8 Å². The Labute approximate surface area is 143 Å². The lowest BCUT2D eigenvalue weighted by atomic mass is 9.94. The number of esters is 1. The van der Waals surface area contributed by atoms with E-state index in [1.54, 1.807) is 0 Å². The second kappa shape index (κ2) is 8.62. The summed E-state index contributed by atoms with van der Waals surface area (Å²) in [5.74, 6) is -0.573. The van der Waals surface area contributed by atoms with Crippen LogP contribution in [0.4, 0.5) is 0 Å². The van der Waals surface area contributed by atoms with Crippen molar-refractivity contribution in [3.8, 4) is 0 Å². The number of aliphatic hydroxyl groups excluding tert-OH is 1. The zero-order valence-electron chi connectivity index (χ0n) is 14.0. The van der Waals surface area contributed by atoms with Crippen molar-refractivity contribution in [3.05, 3.63) is 71.8 Å². The fourth-order valence-electron chi connectivity index (χ4n) is 2.55. The van der Waals surface area contributed by atoms with E-state index in [9.17, 15) is 9.90 Å². The van der Waals surface area contributed by atoms with Crippen molar-refractivity contribution < 1.29 is 14.6 Å². The molecule has 2 rings (SSSR count). The maximum atomic E-state index is 12.7. The van der Waals surface area contributed by atoms with Gasteiger partial charge in [-0.3, -0.25) is 0 Å². The van der Waals surface area contributed by atoms with E-state index in [1.807, 2.05) is 67.6 Å². The quantitative estimate of drug-likeness (QED) is 0.730. The summed E-state index contributed by atoms with van der Waals surface area (Å²) in [4.78, 5) is 12.7. The van der Waals surface area contributed by atoms with E-state index >= 15 is 0 Å². The first-order valence-electron chi connectivity index (χ1n) is 8.31. The highest BCUT2D eigenvalue weighted by molar-refractivity contribution is 5.81. The number of benzene rings is 2. The first kappa shape index (κ1) is 18.2. The van der Waals surface area contributed by atoms with Gasteiger partial charge in [0.15, 0.2) is 6.10 Å². The van der Waals surface area contributed by atoms with Crippen LogP contribution in [0.25, 0.3) is 0 Å². The van der Waals surface area contributed by atoms with Crippen LogP contribution >= 0.6 is 0 Å². The van der Waals surface area contributed by atoms with Crippen molar-refractivity contribution in [3.63, 3.8) is 0 Å². The Morgan fingerprint density at radius 3 is 2.00 bits per heavy atom. The summed E-state index contributed by atoms with van der Waals surface area (Å²) >= 11 is 0. The standard InChI is InChI=1S/C20H25NO3/c1-2-3-14-20(21,15-22)19(23)24-18(16-10-6-4-7-11-16)17-12-8-5-9-13-17/h4-13,18,22H,2-3,14-15,21H2,1H3/t20-/m0/s1. The number of hydrogen-bond acceptors (Lipinski definition) is 4. The van der Waals surface area contributed by atoms with Gasteiger partial charge in [0.1, 0.15) is 5.54 Å². The van der Waals surface area contributed by atoms with Crippen LogP contribution in [-0.2, 0) is 9.53 Å². The number of carbonyl (C=O) groups excluding carboxylic acids is 1. The highest BCUT2D eigenvalue weighted by atomic mass is 16.5. The zero-order chi connectivity index (χ0) is 17.4. The smallest absolute Gasteiger partial charge is 0.329 e. The third-order valence-electron chi connectivity index (χ3n) is 4.09. The molecule has 0 unspecified atom stereocenters. The topological polar surface area (TPSA) is 72.5 Å². The lowest BCUT2D eigenvalue weighted by molar-refractivity contribution is -0.156. The van der Waals surface area contributed by atoms with E-state index in [0.29, 0.717) is 6.42 Å². The molecule has 128 valence electrons. The molecule has 0 amide bonds. The van der Waals surface area contributed by atoms with E-state index in [-0.39, 0.29) is 0 Å². The van der Waals surface area contributed by atoms with Gasteiger partial charge in [-0.25, -0.2) is 4.79 Å². The van der Waals surface area contributed by atoms with Crippen LogP contribution in [0.5, 0.6) is 0 Å². The summed E-state index contributed by atoms with van der Waals surface area (Å²) in [6, 6.07) is 19.1. The number of ether oxygens (including phenoxy) is 1. The summed E-state index contributed by atoms with van der Waals surface area (Å²) in [5.41, 5.74) is 6.48. The molecule has 0 bridgehead atoms. The molecule has 3 N–H and O–H groups in total. The van der Waals surface area contributed by atoms with Crippen molar-refractivity contribution in [2.24, 2.45) is 5.73 Å². The van der Waals surface area contributed by atoms with E-state index in [0.717, 1.165) is 24.0 Å². The number of rotatable bonds is 8. The van der Waals surface area contributed by atoms with Gasteiger partial charge in [0.25, 0.3) is 0 Å². The van der Waals surface area contributed by atoms with Gasteiger partial charge in [-0.2, -0.15) is 0 Å². The molecule has 0 spiro atoms. The van der Waals surface area contributed by atoms with Gasteiger partial charge in [0, 0.05) is 0 Å². The van der Waals surface area contributed by atoms with Crippen molar-refractivity contribution in [1.82, 2.24) is 0 Å². The largest absolute Gasteiger partial charge is 0.451 e. The average molecular weight is 327 g/mol. The molecule has 0 fully saturated rings. The van der Waals surface area contributed by atoms with Gasteiger partial charge in [-0.05, 0) is 17.5 Å². The maximum absolute atomic E-state index is 12.7. The SMILES string of the molecule is CCCC[C@](N)(CO)C(=O)OC(c1ccccc1)c1ccccc1. The molecule has 0 aliphatic heterocycles. The third kappa shape index (κ3) is 4.43. The van der Waals surface area contributed by atoms with Crippen LogP contribution in [0, 0.1) is 0 Å². The first-order chi connectivity index (χ1) is 11.6. The third-order valence-corrected chi connectivity index (χ3v) is 4.09. The number of nitrogens with two attached hydrogens (primary N) is 1. The summed E-state index contributed by atoms with van der Waals surface area (Å²) in [6.07, 6.45) is 1.51. The molecule has 0 heterocycles. The minimum atomic E-state index is -1.36. The lowest BCUT2D eigenvalue weighted by Gasteiger charge is -2.28.